The van der Waals surface area contributed by atoms with Gasteiger partial charge in [-0.15, -0.1) is 0 Å². The van der Waals surface area contributed by atoms with Gasteiger partial charge in [-0.25, -0.2) is 4.79 Å². The zero-order valence-electron chi connectivity index (χ0n) is 15.6. The number of benzene rings is 1. The summed E-state index contributed by atoms with van der Waals surface area (Å²) in [5.41, 5.74) is 1.95. The largest absolute Gasteiger partial charge is 0.340 e. The number of amides is 1. The van der Waals surface area contributed by atoms with Crippen LogP contribution in [0.4, 0.5) is 0 Å². The Hall–Kier alpha value is -2.08. The highest BCUT2D eigenvalue weighted by molar-refractivity contribution is 5.79. The summed E-state index contributed by atoms with van der Waals surface area (Å²) in [6.07, 6.45) is 5.78. The maximum absolute atomic E-state index is 12.7. The summed E-state index contributed by atoms with van der Waals surface area (Å²) in [7, 11) is 1.82. The van der Waals surface area contributed by atoms with Crippen LogP contribution in [0.5, 0.6) is 0 Å². The Kier molecular flexibility index (Phi) is 4.85. The minimum absolute atomic E-state index is 0.0203. The third kappa shape index (κ3) is 3.18. The molecule has 140 valence electrons. The van der Waals surface area contributed by atoms with Crippen molar-refractivity contribution >= 4 is 16.9 Å². The molecule has 1 amide bonds. The summed E-state index contributed by atoms with van der Waals surface area (Å²) in [4.78, 5) is 29.6. The van der Waals surface area contributed by atoms with Crippen molar-refractivity contribution in [1.82, 2.24) is 18.9 Å². The van der Waals surface area contributed by atoms with Gasteiger partial charge in [-0.2, -0.15) is 0 Å². The van der Waals surface area contributed by atoms with Crippen LogP contribution in [0.15, 0.2) is 29.1 Å². The van der Waals surface area contributed by atoms with Crippen LogP contribution in [0.3, 0.4) is 0 Å². The number of hydrogen-bond donors (Lipinski definition) is 0. The molecule has 4 rings (SSSR count). The third-order valence-corrected chi connectivity index (χ3v) is 6.03. The van der Waals surface area contributed by atoms with Crippen molar-refractivity contribution in [3.63, 3.8) is 0 Å². The number of para-hydroxylation sites is 2. The van der Waals surface area contributed by atoms with Crippen molar-refractivity contribution in [2.45, 2.75) is 38.8 Å². The molecule has 1 aromatic heterocycles. The number of nitrogens with zero attached hydrogens (tertiary/aromatic N) is 4. The van der Waals surface area contributed by atoms with E-state index in [0.717, 1.165) is 50.1 Å². The highest BCUT2D eigenvalue weighted by Gasteiger charge is 2.28. The quantitative estimate of drug-likeness (QED) is 0.845. The number of piperazine rings is 1. The van der Waals surface area contributed by atoms with Crippen LogP contribution >= 0.6 is 0 Å². The summed E-state index contributed by atoms with van der Waals surface area (Å²) in [6, 6.07) is 7.91. The van der Waals surface area contributed by atoms with Crippen molar-refractivity contribution in [1.29, 1.82) is 0 Å². The van der Waals surface area contributed by atoms with E-state index < -0.39 is 0 Å². The van der Waals surface area contributed by atoms with Crippen molar-refractivity contribution in [3.8, 4) is 0 Å². The highest BCUT2D eigenvalue weighted by atomic mass is 16.2. The number of rotatable bonds is 3. The van der Waals surface area contributed by atoms with Gasteiger partial charge in [0.15, 0.2) is 0 Å². The standard InChI is InChI=1S/C20H28N4O2/c1-21-17-9-5-6-10-18(17)24(20(21)26)15-22-11-13-23(14-12-22)19(25)16-7-3-2-4-8-16/h5-6,9-10,16H,2-4,7-8,11-15H2,1H3. The molecule has 2 fully saturated rings. The molecule has 1 saturated heterocycles. The Morgan fingerprint density at radius 2 is 1.65 bits per heavy atom. The second-order valence-corrected chi connectivity index (χ2v) is 7.68. The minimum atomic E-state index is 0.0203. The topological polar surface area (TPSA) is 50.5 Å². The van der Waals surface area contributed by atoms with E-state index in [4.69, 9.17) is 0 Å². The molecule has 0 spiro atoms. The van der Waals surface area contributed by atoms with Crippen LogP contribution in [0.1, 0.15) is 32.1 Å². The average Bonchev–Trinajstić information content (AvgIpc) is 2.94. The first-order chi connectivity index (χ1) is 12.6. The second kappa shape index (κ2) is 7.27. The fourth-order valence-electron chi connectivity index (χ4n) is 4.42. The zero-order valence-corrected chi connectivity index (χ0v) is 15.6. The van der Waals surface area contributed by atoms with Gasteiger partial charge in [0.05, 0.1) is 17.7 Å². The van der Waals surface area contributed by atoms with Crippen molar-refractivity contribution < 1.29 is 4.79 Å². The molecule has 0 atom stereocenters. The SMILES string of the molecule is Cn1c(=O)n(CN2CCN(C(=O)C3CCCCC3)CC2)c2ccccc21. The molecule has 0 N–H and O–H groups in total. The normalized spacial score (nSPS) is 20.0. The van der Waals surface area contributed by atoms with E-state index >= 15 is 0 Å². The molecule has 6 nitrogen and oxygen atoms in total. The van der Waals surface area contributed by atoms with Crippen molar-refractivity contribution in [2.75, 3.05) is 26.2 Å². The van der Waals surface area contributed by atoms with Gasteiger partial charge >= 0.3 is 5.69 Å². The second-order valence-electron chi connectivity index (χ2n) is 7.68. The Morgan fingerprint density at radius 3 is 2.35 bits per heavy atom. The number of carbonyl (C=O) groups excluding carboxylic acids is 1. The smallest absolute Gasteiger partial charge is 0.329 e. The van der Waals surface area contributed by atoms with Gasteiger partial charge in [-0.05, 0) is 25.0 Å². The lowest BCUT2D eigenvalue weighted by Gasteiger charge is -2.37. The van der Waals surface area contributed by atoms with E-state index in [1.807, 2.05) is 40.8 Å². The molecular weight excluding hydrogens is 328 g/mol. The molecule has 1 aliphatic carbocycles. The lowest BCUT2D eigenvalue weighted by Crippen LogP contribution is -2.51. The predicted octanol–water partition coefficient (Wildman–Crippen LogP) is 2.02. The molecule has 0 bridgehead atoms. The summed E-state index contributed by atoms with van der Waals surface area (Å²) >= 11 is 0. The van der Waals surface area contributed by atoms with Gasteiger partial charge in [-0.3, -0.25) is 18.8 Å². The first kappa shape index (κ1) is 17.3. The van der Waals surface area contributed by atoms with E-state index in [0.29, 0.717) is 12.6 Å². The average molecular weight is 356 g/mol. The van der Waals surface area contributed by atoms with E-state index in [9.17, 15) is 9.59 Å². The number of carbonyl (C=O) groups is 1. The molecule has 2 aromatic rings. The Labute approximate surface area is 154 Å². The monoisotopic (exact) mass is 356 g/mol. The minimum Gasteiger partial charge on any atom is -0.340 e. The highest BCUT2D eigenvalue weighted by Crippen LogP contribution is 2.26. The Morgan fingerprint density at radius 1 is 1.00 bits per heavy atom. The lowest BCUT2D eigenvalue weighted by molar-refractivity contribution is -0.138. The van der Waals surface area contributed by atoms with E-state index in [-0.39, 0.29) is 11.6 Å². The van der Waals surface area contributed by atoms with Crippen LogP contribution in [-0.4, -0.2) is 51.0 Å². The predicted molar refractivity (Wildman–Crippen MR) is 102 cm³/mol. The molecule has 2 aliphatic rings. The number of hydrogen-bond acceptors (Lipinski definition) is 3. The molecule has 2 heterocycles. The fourth-order valence-corrected chi connectivity index (χ4v) is 4.42. The van der Waals surface area contributed by atoms with Gasteiger partial charge in [0.2, 0.25) is 5.91 Å². The molecule has 26 heavy (non-hydrogen) atoms. The van der Waals surface area contributed by atoms with E-state index in [2.05, 4.69) is 4.90 Å². The zero-order chi connectivity index (χ0) is 18.1. The third-order valence-electron chi connectivity index (χ3n) is 6.03. The van der Waals surface area contributed by atoms with Gasteiger partial charge in [0, 0.05) is 39.1 Å². The van der Waals surface area contributed by atoms with Gasteiger partial charge in [0.1, 0.15) is 0 Å². The van der Waals surface area contributed by atoms with Gasteiger partial charge in [-0.1, -0.05) is 31.4 Å². The summed E-state index contributed by atoms with van der Waals surface area (Å²) in [5, 5.41) is 0. The summed E-state index contributed by atoms with van der Waals surface area (Å²) in [6.45, 7) is 3.79. The number of imidazole rings is 1. The van der Waals surface area contributed by atoms with Crippen LogP contribution in [-0.2, 0) is 18.5 Å². The molecule has 1 aromatic carbocycles. The van der Waals surface area contributed by atoms with Crippen LogP contribution in [0, 0.1) is 5.92 Å². The molecule has 6 heteroatoms. The first-order valence-electron chi connectivity index (χ1n) is 9.80. The van der Waals surface area contributed by atoms with Crippen molar-refractivity contribution in [2.24, 2.45) is 13.0 Å². The van der Waals surface area contributed by atoms with Crippen molar-refractivity contribution in [3.05, 3.63) is 34.7 Å². The molecule has 0 radical (unpaired) electrons. The molecule has 0 unspecified atom stereocenters. The van der Waals surface area contributed by atoms with Gasteiger partial charge in [0.25, 0.3) is 0 Å². The Bertz CT molecular complexity index is 839. The lowest BCUT2D eigenvalue weighted by atomic mass is 9.88. The number of aryl methyl sites for hydroxylation is 1. The van der Waals surface area contributed by atoms with Crippen LogP contribution in [0.25, 0.3) is 11.0 Å². The Balaban J connectivity index is 1.41. The molecule has 1 aliphatic heterocycles. The van der Waals surface area contributed by atoms with Gasteiger partial charge < -0.3 is 4.90 Å². The first-order valence-corrected chi connectivity index (χ1v) is 9.80. The maximum Gasteiger partial charge on any atom is 0.329 e. The summed E-state index contributed by atoms with van der Waals surface area (Å²) in [5.74, 6) is 0.600. The maximum atomic E-state index is 12.7. The van der Waals surface area contributed by atoms with Crippen LogP contribution < -0.4 is 5.69 Å². The van der Waals surface area contributed by atoms with E-state index in [1.54, 1.807) is 4.57 Å². The van der Waals surface area contributed by atoms with E-state index in [1.165, 1.54) is 19.3 Å². The summed E-state index contributed by atoms with van der Waals surface area (Å²) < 4.78 is 3.55. The van der Waals surface area contributed by atoms with Crippen LogP contribution in [0.2, 0.25) is 0 Å². The molecular formula is C20H28N4O2. The fraction of sp³-hybridized carbons (Fsp3) is 0.600. The number of fused-ring (bicyclic) bond motifs is 1. The number of aromatic nitrogens is 2. The molecule has 1 saturated carbocycles.